The Hall–Kier alpha value is -1.44. The number of nitrogens with zero attached hydrogens (tertiary/aromatic N) is 3. The lowest BCUT2D eigenvalue weighted by atomic mass is 9.82. The smallest absolute Gasteiger partial charge is 0.222 e. The SMILES string of the molecule is CNCCN(C)Cc1c[nH]nc1[C@H]1CC[C@H](N(CCCOC)C(=O)CCC(C)C)CC1. The lowest BCUT2D eigenvalue weighted by Gasteiger charge is -2.37. The van der Waals surface area contributed by atoms with E-state index in [4.69, 9.17) is 4.74 Å². The minimum Gasteiger partial charge on any atom is -0.385 e. The van der Waals surface area contributed by atoms with Gasteiger partial charge in [0.1, 0.15) is 0 Å². The van der Waals surface area contributed by atoms with Gasteiger partial charge in [0, 0.05) is 70.0 Å². The highest BCUT2D eigenvalue weighted by atomic mass is 16.5. The first-order chi connectivity index (χ1) is 15.0. The number of methoxy groups -OCH3 is 1. The first-order valence-corrected chi connectivity index (χ1v) is 12.1. The number of H-pyrrole nitrogens is 1. The summed E-state index contributed by atoms with van der Waals surface area (Å²) >= 11 is 0. The molecule has 0 bridgehead atoms. The Morgan fingerprint density at radius 1 is 1.29 bits per heavy atom. The van der Waals surface area contributed by atoms with Gasteiger partial charge in [0.2, 0.25) is 5.91 Å². The number of ether oxygens (including phenoxy) is 1. The summed E-state index contributed by atoms with van der Waals surface area (Å²) in [4.78, 5) is 17.5. The van der Waals surface area contributed by atoms with Crippen molar-refractivity contribution in [2.45, 2.75) is 77.3 Å². The molecule has 7 nitrogen and oxygen atoms in total. The van der Waals surface area contributed by atoms with Crippen LogP contribution in [0.2, 0.25) is 0 Å². The van der Waals surface area contributed by atoms with Crippen molar-refractivity contribution >= 4 is 5.91 Å². The molecule has 0 atom stereocenters. The van der Waals surface area contributed by atoms with Crippen LogP contribution < -0.4 is 5.32 Å². The average Bonchev–Trinajstić information content (AvgIpc) is 3.21. The van der Waals surface area contributed by atoms with E-state index in [9.17, 15) is 4.79 Å². The van der Waals surface area contributed by atoms with Gasteiger partial charge < -0.3 is 19.9 Å². The van der Waals surface area contributed by atoms with Crippen LogP contribution in [0.5, 0.6) is 0 Å². The van der Waals surface area contributed by atoms with Gasteiger partial charge >= 0.3 is 0 Å². The van der Waals surface area contributed by atoms with E-state index in [-0.39, 0.29) is 0 Å². The Morgan fingerprint density at radius 3 is 2.68 bits per heavy atom. The summed E-state index contributed by atoms with van der Waals surface area (Å²) in [6.07, 6.45) is 8.91. The van der Waals surface area contributed by atoms with E-state index in [0.717, 1.165) is 64.7 Å². The third-order valence-corrected chi connectivity index (χ3v) is 6.46. The molecule has 1 amide bonds. The second kappa shape index (κ2) is 13.9. The first kappa shape index (κ1) is 25.8. The Kier molecular flexibility index (Phi) is 11.5. The predicted octanol–water partition coefficient (Wildman–Crippen LogP) is 3.39. The predicted molar refractivity (Wildman–Crippen MR) is 126 cm³/mol. The number of aromatic amines is 1. The van der Waals surface area contributed by atoms with Crippen LogP contribution in [0.3, 0.4) is 0 Å². The van der Waals surface area contributed by atoms with E-state index in [1.54, 1.807) is 7.11 Å². The molecule has 0 unspecified atom stereocenters. The van der Waals surface area contributed by atoms with Crippen LogP contribution >= 0.6 is 0 Å². The Balaban J connectivity index is 1.94. The third kappa shape index (κ3) is 8.54. The molecular formula is C24H45N5O2. The topological polar surface area (TPSA) is 73.5 Å². The highest BCUT2D eigenvalue weighted by Gasteiger charge is 2.31. The summed E-state index contributed by atoms with van der Waals surface area (Å²) in [5.41, 5.74) is 2.54. The zero-order valence-corrected chi connectivity index (χ0v) is 20.5. The van der Waals surface area contributed by atoms with E-state index in [1.165, 1.54) is 11.3 Å². The highest BCUT2D eigenvalue weighted by molar-refractivity contribution is 5.76. The second-order valence-corrected chi connectivity index (χ2v) is 9.51. The molecule has 31 heavy (non-hydrogen) atoms. The van der Waals surface area contributed by atoms with Crippen LogP contribution in [0.25, 0.3) is 0 Å². The van der Waals surface area contributed by atoms with Crippen molar-refractivity contribution in [1.29, 1.82) is 0 Å². The number of likely N-dealkylation sites (N-methyl/N-ethyl adjacent to an activating group) is 2. The quantitative estimate of drug-likeness (QED) is 0.438. The maximum atomic E-state index is 13.0. The number of rotatable bonds is 14. The van der Waals surface area contributed by atoms with Crippen LogP contribution in [0.4, 0.5) is 0 Å². The molecule has 178 valence electrons. The minimum atomic E-state index is 0.319. The van der Waals surface area contributed by atoms with Crippen molar-refractivity contribution in [2.75, 3.05) is 47.4 Å². The summed E-state index contributed by atoms with van der Waals surface area (Å²) in [5, 5.41) is 10.9. The molecule has 0 saturated heterocycles. The largest absolute Gasteiger partial charge is 0.385 e. The monoisotopic (exact) mass is 435 g/mol. The molecule has 1 saturated carbocycles. The highest BCUT2D eigenvalue weighted by Crippen LogP contribution is 2.36. The summed E-state index contributed by atoms with van der Waals surface area (Å²) in [6.45, 7) is 8.81. The van der Waals surface area contributed by atoms with E-state index in [0.29, 0.717) is 36.8 Å². The van der Waals surface area contributed by atoms with E-state index >= 15 is 0 Å². The van der Waals surface area contributed by atoms with Crippen molar-refractivity contribution in [2.24, 2.45) is 5.92 Å². The van der Waals surface area contributed by atoms with Gasteiger partial charge in [-0.25, -0.2) is 0 Å². The molecular weight excluding hydrogens is 390 g/mol. The molecule has 0 spiro atoms. The third-order valence-electron chi connectivity index (χ3n) is 6.46. The Bertz CT molecular complexity index is 625. The van der Waals surface area contributed by atoms with Gasteiger partial charge in [0.15, 0.2) is 0 Å². The van der Waals surface area contributed by atoms with Gasteiger partial charge in [-0.1, -0.05) is 13.8 Å². The van der Waals surface area contributed by atoms with Gasteiger partial charge in [0.05, 0.1) is 5.69 Å². The fraction of sp³-hybridized carbons (Fsp3) is 0.833. The van der Waals surface area contributed by atoms with Gasteiger partial charge in [0.25, 0.3) is 0 Å². The summed E-state index contributed by atoms with van der Waals surface area (Å²) in [6, 6.07) is 0.355. The fourth-order valence-electron chi connectivity index (χ4n) is 4.58. The van der Waals surface area contributed by atoms with Gasteiger partial charge in [-0.15, -0.1) is 0 Å². The number of nitrogens with one attached hydrogen (secondary N) is 2. The van der Waals surface area contributed by atoms with E-state index < -0.39 is 0 Å². The fourth-order valence-corrected chi connectivity index (χ4v) is 4.58. The zero-order chi connectivity index (χ0) is 22.6. The van der Waals surface area contributed by atoms with Gasteiger partial charge in [-0.3, -0.25) is 9.89 Å². The van der Waals surface area contributed by atoms with Crippen molar-refractivity contribution in [1.82, 2.24) is 25.3 Å². The summed E-state index contributed by atoms with van der Waals surface area (Å²) in [5.74, 6) is 1.37. The molecule has 0 radical (unpaired) electrons. The van der Waals surface area contributed by atoms with E-state index in [1.807, 2.05) is 7.05 Å². The van der Waals surface area contributed by atoms with Crippen molar-refractivity contribution in [3.05, 3.63) is 17.5 Å². The van der Waals surface area contributed by atoms with E-state index in [2.05, 4.69) is 52.4 Å². The maximum Gasteiger partial charge on any atom is 0.222 e. The molecule has 0 aliphatic heterocycles. The number of carbonyl (C=O) groups excluding carboxylic acids is 1. The van der Waals surface area contributed by atoms with Crippen LogP contribution in [0.15, 0.2) is 6.20 Å². The van der Waals surface area contributed by atoms with Gasteiger partial charge in [-0.2, -0.15) is 5.10 Å². The first-order valence-electron chi connectivity index (χ1n) is 12.1. The Morgan fingerprint density at radius 2 is 2.03 bits per heavy atom. The lowest BCUT2D eigenvalue weighted by Crippen LogP contribution is -2.43. The van der Waals surface area contributed by atoms with Crippen molar-refractivity contribution in [3.8, 4) is 0 Å². The number of carbonyl (C=O) groups is 1. The molecule has 1 aliphatic rings. The Labute approximate surface area is 189 Å². The average molecular weight is 436 g/mol. The van der Waals surface area contributed by atoms with Crippen LogP contribution in [0.1, 0.15) is 76.0 Å². The van der Waals surface area contributed by atoms with Crippen LogP contribution in [-0.2, 0) is 16.1 Å². The maximum absolute atomic E-state index is 13.0. The molecule has 0 aromatic carbocycles. The van der Waals surface area contributed by atoms with Crippen LogP contribution in [-0.4, -0.2) is 79.4 Å². The van der Waals surface area contributed by atoms with Crippen molar-refractivity contribution in [3.63, 3.8) is 0 Å². The molecule has 1 aliphatic carbocycles. The molecule has 7 heteroatoms. The molecule has 1 fully saturated rings. The molecule has 2 rings (SSSR count). The number of hydrogen-bond acceptors (Lipinski definition) is 5. The summed E-state index contributed by atoms with van der Waals surface area (Å²) < 4.78 is 5.24. The minimum absolute atomic E-state index is 0.319. The number of aromatic nitrogens is 2. The zero-order valence-electron chi connectivity index (χ0n) is 20.5. The molecule has 1 aromatic rings. The summed E-state index contributed by atoms with van der Waals surface area (Å²) in [7, 11) is 5.88. The number of amides is 1. The lowest BCUT2D eigenvalue weighted by molar-refractivity contribution is -0.134. The van der Waals surface area contributed by atoms with Gasteiger partial charge in [-0.05, 0) is 58.5 Å². The second-order valence-electron chi connectivity index (χ2n) is 9.51. The molecule has 1 heterocycles. The van der Waals surface area contributed by atoms with Crippen LogP contribution in [0, 0.1) is 5.92 Å². The number of hydrogen-bond donors (Lipinski definition) is 2. The van der Waals surface area contributed by atoms with Crippen molar-refractivity contribution < 1.29 is 9.53 Å². The normalized spacial score (nSPS) is 19.3. The molecule has 1 aromatic heterocycles. The molecule has 2 N–H and O–H groups in total. The standard InChI is InChI=1S/C24H45N5O2/c1-19(2)7-12-23(30)29(14-6-16-31-5)22-10-8-20(9-11-22)24-21(17-26-27-24)18-28(4)15-13-25-3/h17,19-20,22,25H,6-16,18H2,1-5H3,(H,26,27)/t20-,22-.